The maximum absolute atomic E-state index is 12.4. The third-order valence-electron chi connectivity index (χ3n) is 4.42. The zero-order chi connectivity index (χ0) is 19.1. The molecule has 0 spiro atoms. The number of aryl methyl sites for hydroxylation is 1. The Morgan fingerprint density at radius 2 is 1.74 bits per heavy atom. The number of hydrogen-bond donors (Lipinski definition) is 1. The fraction of sp³-hybridized carbons (Fsp3) is 0.273. The largest absolute Gasteiger partial charge is 0.351 e. The molecule has 3 rings (SSSR count). The van der Waals surface area contributed by atoms with Crippen molar-refractivity contribution in [3.63, 3.8) is 0 Å². The first-order chi connectivity index (χ1) is 13.1. The number of amides is 1. The summed E-state index contributed by atoms with van der Waals surface area (Å²) >= 11 is 0. The Bertz CT molecular complexity index is 859. The van der Waals surface area contributed by atoms with Crippen molar-refractivity contribution in [1.29, 1.82) is 0 Å². The number of carbonyl (C=O) groups excluding carboxylic acids is 1. The van der Waals surface area contributed by atoms with E-state index in [1.807, 2.05) is 49.4 Å². The van der Waals surface area contributed by atoms with Crippen LogP contribution in [-0.2, 0) is 6.54 Å². The standard InChI is InChI=1S/C22H26N4O/c1-18-16-21(24-26(18)20-12-7-4-8-13-20)22(27)23-14-9-15-25(2)17-19-10-5-3-6-11-19/h3-8,10-13,16H,9,14-15,17H2,1-2H3,(H,23,27). The van der Waals surface area contributed by atoms with Gasteiger partial charge in [0.25, 0.3) is 5.91 Å². The molecule has 5 nitrogen and oxygen atoms in total. The summed E-state index contributed by atoms with van der Waals surface area (Å²) in [7, 11) is 2.10. The summed E-state index contributed by atoms with van der Waals surface area (Å²) in [6.45, 7) is 4.42. The first kappa shape index (κ1) is 18.9. The lowest BCUT2D eigenvalue weighted by Gasteiger charge is -2.16. The SMILES string of the molecule is Cc1cc(C(=O)NCCCN(C)Cc2ccccc2)nn1-c1ccccc1. The van der Waals surface area contributed by atoms with Gasteiger partial charge in [-0.3, -0.25) is 4.79 Å². The highest BCUT2D eigenvalue weighted by Crippen LogP contribution is 2.11. The van der Waals surface area contributed by atoms with E-state index in [1.165, 1.54) is 5.56 Å². The number of nitrogens with zero attached hydrogens (tertiary/aromatic N) is 3. The van der Waals surface area contributed by atoms with Crippen LogP contribution in [-0.4, -0.2) is 40.7 Å². The van der Waals surface area contributed by atoms with Crippen LogP contribution in [0.1, 0.15) is 28.2 Å². The Labute approximate surface area is 160 Å². The van der Waals surface area contributed by atoms with Gasteiger partial charge in [-0.2, -0.15) is 5.10 Å². The van der Waals surface area contributed by atoms with E-state index in [2.05, 4.69) is 46.6 Å². The molecule has 0 bridgehead atoms. The van der Waals surface area contributed by atoms with Crippen molar-refractivity contribution >= 4 is 5.91 Å². The second-order valence-electron chi connectivity index (χ2n) is 6.75. The third-order valence-corrected chi connectivity index (χ3v) is 4.42. The molecular formula is C22H26N4O. The maximum Gasteiger partial charge on any atom is 0.271 e. The zero-order valence-corrected chi connectivity index (χ0v) is 15.9. The molecule has 1 amide bonds. The highest BCUT2D eigenvalue weighted by molar-refractivity contribution is 5.92. The van der Waals surface area contributed by atoms with E-state index in [0.717, 1.165) is 30.9 Å². The van der Waals surface area contributed by atoms with Gasteiger partial charge in [-0.05, 0) is 50.7 Å². The average molecular weight is 362 g/mol. The summed E-state index contributed by atoms with van der Waals surface area (Å²) < 4.78 is 1.79. The zero-order valence-electron chi connectivity index (χ0n) is 15.9. The van der Waals surface area contributed by atoms with Crippen molar-refractivity contribution < 1.29 is 4.79 Å². The van der Waals surface area contributed by atoms with E-state index >= 15 is 0 Å². The fourth-order valence-corrected chi connectivity index (χ4v) is 3.03. The van der Waals surface area contributed by atoms with E-state index in [1.54, 1.807) is 4.68 Å². The average Bonchev–Trinajstić information content (AvgIpc) is 3.08. The van der Waals surface area contributed by atoms with Crippen molar-refractivity contribution in [2.45, 2.75) is 19.9 Å². The Kier molecular flexibility index (Phi) is 6.39. The van der Waals surface area contributed by atoms with Crippen molar-refractivity contribution in [3.8, 4) is 5.69 Å². The molecule has 0 aliphatic heterocycles. The maximum atomic E-state index is 12.4. The molecule has 0 fully saturated rings. The summed E-state index contributed by atoms with van der Waals surface area (Å²) in [5.74, 6) is -0.126. The number of aromatic nitrogens is 2. The van der Waals surface area contributed by atoms with Gasteiger partial charge in [-0.25, -0.2) is 4.68 Å². The number of nitrogens with one attached hydrogen (secondary N) is 1. The van der Waals surface area contributed by atoms with E-state index in [4.69, 9.17) is 0 Å². The van der Waals surface area contributed by atoms with Crippen molar-refractivity contribution in [2.75, 3.05) is 20.1 Å². The molecular weight excluding hydrogens is 336 g/mol. The quantitative estimate of drug-likeness (QED) is 0.625. The van der Waals surface area contributed by atoms with Crippen molar-refractivity contribution in [1.82, 2.24) is 20.0 Å². The van der Waals surface area contributed by atoms with Gasteiger partial charge < -0.3 is 10.2 Å². The third kappa shape index (κ3) is 5.28. The first-order valence-corrected chi connectivity index (χ1v) is 9.26. The van der Waals surface area contributed by atoms with Gasteiger partial charge in [0.1, 0.15) is 0 Å². The molecule has 27 heavy (non-hydrogen) atoms. The van der Waals surface area contributed by atoms with Gasteiger partial charge in [0.2, 0.25) is 0 Å². The molecule has 0 saturated heterocycles. The van der Waals surface area contributed by atoms with Crippen LogP contribution in [0.15, 0.2) is 66.7 Å². The van der Waals surface area contributed by atoms with Crippen LogP contribution >= 0.6 is 0 Å². The van der Waals surface area contributed by atoms with E-state index < -0.39 is 0 Å². The van der Waals surface area contributed by atoms with Crippen LogP contribution < -0.4 is 5.32 Å². The van der Waals surface area contributed by atoms with Gasteiger partial charge >= 0.3 is 0 Å². The lowest BCUT2D eigenvalue weighted by Crippen LogP contribution is -2.28. The fourth-order valence-electron chi connectivity index (χ4n) is 3.03. The molecule has 0 aliphatic rings. The minimum atomic E-state index is -0.126. The molecule has 1 heterocycles. The molecule has 5 heteroatoms. The first-order valence-electron chi connectivity index (χ1n) is 9.26. The monoisotopic (exact) mass is 362 g/mol. The Balaban J connectivity index is 1.46. The Morgan fingerprint density at radius 1 is 1.07 bits per heavy atom. The Morgan fingerprint density at radius 3 is 2.44 bits per heavy atom. The second kappa shape index (κ2) is 9.14. The predicted octanol–water partition coefficient (Wildman–Crippen LogP) is 3.43. The molecule has 0 atom stereocenters. The number of para-hydroxylation sites is 1. The smallest absolute Gasteiger partial charge is 0.271 e. The van der Waals surface area contributed by atoms with Crippen LogP contribution in [0.5, 0.6) is 0 Å². The van der Waals surface area contributed by atoms with Gasteiger partial charge in [-0.1, -0.05) is 48.5 Å². The highest BCUT2D eigenvalue weighted by Gasteiger charge is 2.12. The van der Waals surface area contributed by atoms with E-state index in [0.29, 0.717) is 12.2 Å². The van der Waals surface area contributed by atoms with Crippen molar-refractivity contribution in [3.05, 3.63) is 83.7 Å². The summed E-state index contributed by atoms with van der Waals surface area (Å²) in [5, 5.41) is 7.41. The lowest BCUT2D eigenvalue weighted by atomic mass is 10.2. The Hall–Kier alpha value is -2.92. The summed E-state index contributed by atoms with van der Waals surface area (Å²) in [4.78, 5) is 14.6. The molecule has 0 radical (unpaired) electrons. The molecule has 3 aromatic rings. The molecule has 0 unspecified atom stereocenters. The molecule has 2 aromatic carbocycles. The topological polar surface area (TPSA) is 50.2 Å². The number of rotatable bonds is 8. The number of hydrogen-bond acceptors (Lipinski definition) is 3. The molecule has 0 saturated carbocycles. The van der Waals surface area contributed by atoms with Gasteiger partial charge in [0, 0.05) is 18.8 Å². The normalized spacial score (nSPS) is 10.9. The van der Waals surface area contributed by atoms with Crippen molar-refractivity contribution in [2.24, 2.45) is 0 Å². The lowest BCUT2D eigenvalue weighted by molar-refractivity contribution is 0.0946. The summed E-state index contributed by atoms with van der Waals surface area (Å²) in [6, 6.07) is 22.1. The molecule has 140 valence electrons. The van der Waals surface area contributed by atoms with E-state index in [9.17, 15) is 4.79 Å². The van der Waals surface area contributed by atoms with E-state index in [-0.39, 0.29) is 5.91 Å². The minimum Gasteiger partial charge on any atom is -0.351 e. The van der Waals surface area contributed by atoms with Crippen LogP contribution in [0.4, 0.5) is 0 Å². The second-order valence-corrected chi connectivity index (χ2v) is 6.75. The van der Waals surface area contributed by atoms with Gasteiger partial charge in [-0.15, -0.1) is 0 Å². The summed E-state index contributed by atoms with van der Waals surface area (Å²) in [5.41, 5.74) is 3.64. The predicted molar refractivity (Wildman–Crippen MR) is 108 cm³/mol. The van der Waals surface area contributed by atoms with Crippen LogP contribution in [0.2, 0.25) is 0 Å². The molecule has 1 N–H and O–H groups in total. The summed E-state index contributed by atoms with van der Waals surface area (Å²) in [6.07, 6.45) is 0.896. The highest BCUT2D eigenvalue weighted by atomic mass is 16.1. The van der Waals surface area contributed by atoms with Crippen LogP contribution in [0.25, 0.3) is 5.69 Å². The minimum absolute atomic E-state index is 0.126. The molecule has 0 aliphatic carbocycles. The number of benzene rings is 2. The van der Waals surface area contributed by atoms with Gasteiger partial charge in [0.05, 0.1) is 5.69 Å². The number of carbonyl (C=O) groups is 1. The van der Waals surface area contributed by atoms with Gasteiger partial charge in [0.15, 0.2) is 5.69 Å². The van der Waals surface area contributed by atoms with Crippen LogP contribution in [0.3, 0.4) is 0 Å². The molecule has 1 aromatic heterocycles. The van der Waals surface area contributed by atoms with Crippen LogP contribution in [0, 0.1) is 6.92 Å².